The molecule has 0 saturated carbocycles. The molecule has 1 aliphatic rings. The fraction of sp³-hybridized carbons (Fsp3) is 1.00. The monoisotopic (exact) mass is 212 g/mol. The van der Waals surface area contributed by atoms with Gasteiger partial charge in [-0.2, -0.15) is 0 Å². The van der Waals surface area contributed by atoms with Gasteiger partial charge in [0.05, 0.1) is 0 Å². The van der Waals surface area contributed by atoms with E-state index < -0.39 is 0 Å². The molecule has 0 radical (unpaired) electrons. The first-order chi connectivity index (χ1) is 7.33. The molecule has 0 amide bonds. The van der Waals surface area contributed by atoms with Gasteiger partial charge in [0.15, 0.2) is 0 Å². The lowest BCUT2D eigenvalue weighted by molar-refractivity contribution is 0.190. The minimum absolute atomic E-state index is 0.962. The molecule has 0 spiro atoms. The number of likely N-dealkylation sites (tertiary alicyclic amines) is 1. The van der Waals surface area contributed by atoms with Gasteiger partial charge in [0, 0.05) is 0 Å². The van der Waals surface area contributed by atoms with Crippen molar-refractivity contribution in [3.63, 3.8) is 0 Å². The van der Waals surface area contributed by atoms with E-state index in [1.807, 2.05) is 0 Å². The topological polar surface area (TPSA) is 15.3 Å². The van der Waals surface area contributed by atoms with E-state index in [0.717, 1.165) is 5.92 Å². The zero-order valence-electron chi connectivity index (χ0n) is 10.6. The van der Waals surface area contributed by atoms with Gasteiger partial charge in [-0.05, 0) is 64.3 Å². The van der Waals surface area contributed by atoms with E-state index >= 15 is 0 Å². The molecule has 1 saturated heterocycles. The molecule has 0 aromatic rings. The van der Waals surface area contributed by atoms with Crippen molar-refractivity contribution in [2.45, 2.75) is 46.0 Å². The molecule has 0 atom stereocenters. The number of nitrogens with one attached hydrogen (secondary N) is 1. The first kappa shape index (κ1) is 13.0. The first-order valence-electron chi connectivity index (χ1n) is 6.76. The highest BCUT2D eigenvalue weighted by molar-refractivity contribution is 4.69. The maximum Gasteiger partial charge on any atom is -0.000664 e. The van der Waals surface area contributed by atoms with Crippen molar-refractivity contribution in [3.05, 3.63) is 0 Å². The standard InChI is InChI=1S/C13H28N2/c1-3-4-8-14-9-5-10-15-11-6-13(2)7-12-15/h13-14H,3-12H2,1-2H3. The highest BCUT2D eigenvalue weighted by Gasteiger charge is 2.14. The van der Waals surface area contributed by atoms with Crippen molar-refractivity contribution < 1.29 is 0 Å². The Hall–Kier alpha value is -0.0800. The van der Waals surface area contributed by atoms with Gasteiger partial charge in [-0.3, -0.25) is 0 Å². The second-order valence-corrected chi connectivity index (χ2v) is 4.98. The molecule has 2 nitrogen and oxygen atoms in total. The molecule has 0 aliphatic carbocycles. The highest BCUT2D eigenvalue weighted by Crippen LogP contribution is 2.15. The summed E-state index contributed by atoms with van der Waals surface area (Å²) in [5.74, 6) is 0.962. The molecule has 90 valence electrons. The largest absolute Gasteiger partial charge is 0.317 e. The maximum atomic E-state index is 3.51. The van der Waals surface area contributed by atoms with Crippen LogP contribution < -0.4 is 5.32 Å². The Balaban J connectivity index is 1.87. The van der Waals surface area contributed by atoms with Crippen molar-refractivity contribution in [2.24, 2.45) is 5.92 Å². The van der Waals surface area contributed by atoms with Crippen LogP contribution in [-0.2, 0) is 0 Å². The van der Waals surface area contributed by atoms with E-state index in [0.29, 0.717) is 0 Å². The Morgan fingerprint density at radius 3 is 2.47 bits per heavy atom. The molecular weight excluding hydrogens is 184 g/mol. The van der Waals surface area contributed by atoms with Crippen LogP contribution in [0, 0.1) is 5.92 Å². The Labute approximate surface area is 95.4 Å². The number of hydrogen-bond acceptors (Lipinski definition) is 2. The van der Waals surface area contributed by atoms with Gasteiger partial charge < -0.3 is 10.2 Å². The third-order valence-corrected chi connectivity index (χ3v) is 3.41. The van der Waals surface area contributed by atoms with Crippen LogP contribution in [0.4, 0.5) is 0 Å². The van der Waals surface area contributed by atoms with E-state index in [2.05, 4.69) is 24.1 Å². The number of piperidine rings is 1. The van der Waals surface area contributed by atoms with Gasteiger partial charge in [-0.15, -0.1) is 0 Å². The van der Waals surface area contributed by atoms with E-state index in [1.165, 1.54) is 64.8 Å². The van der Waals surface area contributed by atoms with Crippen LogP contribution in [0.15, 0.2) is 0 Å². The van der Waals surface area contributed by atoms with Crippen LogP contribution in [0.25, 0.3) is 0 Å². The zero-order valence-corrected chi connectivity index (χ0v) is 10.6. The average molecular weight is 212 g/mol. The van der Waals surface area contributed by atoms with Gasteiger partial charge in [0.2, 0.25) is 0 Å². The summed E-state index contributed by atoms with van der Waals surface area (Å²) in [6.45, 7) is 11.0. The molecule has 1 rings (SSSR count). The molecule has 2 heteroatoms. The minimum atomic E-state index is 0.962. The van der Waals surface area contributed by atoms with Crippen molar-refractivity contribution in [1.29, 1.82) is 0 Å². The quantitative estimate of drug-likeness (QED) is 0.652. The molecule has 1 aliphatic heterocycles. The molecule has 15 heavy (non-hydrogen) atoms. The van der Waals surface area contributed by atoms with Crippen molar-refractivity contribution in [1.82, 2.24) is 10.2 Å². The summed E-state index contributed by atoms with van der Waals surface area (Å²) in [5.41, 5.74) is 0. The van der Waals surface area contributed by atoms with E-state index in [9.17, 15) is 0 Å². The fourth-order valence-corrected chi connectivity index (χ4v) is 2.14. The molecule has 1 heterocycles. The SMILES string of the molecule is CCCCNCCCN1CCC(C)CC1. The normalized spacial score (nSPS) is 19.6. The Morgan fingerprint density at radius 1 is 1.13 bits per heavy atom. The number of unbranched alkanes of at least 4 members (excludes halogenated alkanes) is 1. The van der Waals surface area contributed by atoms with Crippen LogP contribution in [0.3, 0.4) is 0 Å². The van der Waals surface area contributed by atoms with Gasteiger partial charge in [0.25, 0.3) is 0 Å². The van der Waals surface area contributed by atoms with Crippen molar-refractivity contribution in [2.75, 3.05) is 32.7 Å². The van der Waals surface area contributed by atoms with E-state index in [1.54, 1.807) is 0 Å². The van der Waals surface area contributed by atoms with Gasteiger partial charge in [-0.1, -0.05) is 20.3 Å². The summed E-state index contributed by atoms with van der Waals surface area (Å²) in [4.78, 5) is 2.63. The lowest BCUT2D eigenvalue weighted by Crippen LogP contribution is -2.34. The fourth-order valence-electron chi connectivity index (χ4n) is 2.14. The Kier molecular flexibility index (Phi) is 7.03. The maximum absolute atomic E-state index is 3.51. The Bertz CT molecular complexity index is 139. The van der Waals surface area contributed by atoms with E-state index in [-0.39, 0.29) is 0 Å². The third-order valence-electron chi connectivity index (χ3n) is 3.41. The number of rotatable bonds is 7. The van der Waals surface area contributed by atoms with Crippen molar-refractivity contribution >= 4 is 0 Å². The summed E-state index contributed by atoms with van der Waals surface area (Å²) in [6.07, 6.45) is 6.75. The number of nitrogens with zero attached hydrogens (tertiary/aromatic N) is 1. The highest BCUT2D eigenvalue weighted by atomic mass is 15.1. The smallest absolute Gasteiger partial charge is 0.000664 e. The van der Waals surface area contributed by atoms with Gasteiger partial charge in [0.1, 0.15) is 0 Å². The van der Waals surface area contributed by atoms with Crippen LogP contribution in [0.1, 0.15) is 46.0 Å². The third kappa shape index (κ3) is 6.16. The molecule has 0 unspecified atom stereocenters. The zero-order chi connectivity index (χ0) is 10.9. The summed E-state index contributed by atoms with van der Waals surface area (Å²) in [5, 5.41) is 3.51. The van der Waals surface area contributed by atoms with Crippen LogP contribution in [0.5, 0.6) is 0 Å². The van der Waals surface area contributed by atoms with E-state index in [4.69, 9.17) is 0 Å². The van der Waals surface area contributed by atoms with Crippen LogP contribution in [0.2, 0.25) is 0 Å². The lowest BCUT2D eigenvalue weighted by Gasteiger charge is -2.30. The summed E-state index contributed by atoms with van der Waals surface area (Å²) in [7, 11) is 0. The summed E-state index contributed by atoms with van der Waals surface area (Å²) in [6, 6.07) is 0. The summed E-state index contributed by atoms with van der Waals surface area (Å²) < 4.78 is 0. The predicted molar refractivity (Wildman–Crippen MR) is 67.2 cm³/mol. The molecule has 1 N–H and O–H groups in total. The molecule has 0 bridgehead atoms. The van der Waals surface area contributed by atoms with Crippen LogP contribution in [-0.4, -0.2) is 37.6 Å². The second kappa shape index (κ2) is 8.12. The van der Waals surface area contributed by atoms with Gasteiger partial charge >= 0.3 is 0 Å². The predicted octanol–water partition coefficient (Wildman–Crippen LogP) is 2.50. The van der Waals surface area contributed by atoms with Crippen molar-refractivity contribution in [3.8, 4) is 0 Å². The minimum Gasteiger partial charge on any atom is -0.317 e. The summed E-state index contributed by atoms with van der Waals surface area (Å²) >= 11 is 0. The molecule has 0 aromatic carbocycles. The molecule has 0 aromatic heterocycles. The Morgan fingerprint density at radius 2 is 1.80 bits per heavy atom. The first-order valence-corrected chi connectivity index (χ1v) is 6.76. The number of hydrogen-bond donors (Lipinski definition) is 1. The van der Waals surface area contributed by atoms with Crippen LogP contribution >= 0.6 is 0 Å². The average Bonchev–Trinajstić information content (AvgIpc) is 2.26. The molecular formula is C13H28N2. The second-order valence-electron chi connectivity index (χ2n) is 4.98. The van der Waals surface area contributed by atoms with Gasteiger partial charge in [-0.25, -0.2) is 0 Å². The lowest BCUT2D eigenvalue weighted by atomic mass is 9.99. The molecule has 1 fully saturated rings.